The molecule has 1 N–H and O–H groups in total. The SMILES string of the molecule is COC(/C=C/c1ccccc1)CC(=O)OCC(C)(C)CO. The minimum atomic E-state index is -0.419. The standard InChI is InChI=1S/C17H24O4/c1-17(2,12-18)13-21-16(19)11-15(20-3)10-9-14-7-5-4-6-8-14/h4-10,15,18H,11-13H2,1-3H3/b10-9+. The van der Waals surface area contributed by atoms with Crippen LogP contribution in [0.15, 0.2) is 36.4 Å². The van der Waals surface area contributed by atoms with Crippen molar-refractivity contribution in [3.63, 3.8) is 0 Å². The first-order valence-electron chi connectivity index (χ1n) is 6.99. The number of hydrogen-bond donors (Lipinski definition) is 1. The molecule has 1 unspecified atom stereocenters. The number of methoxy groups -OCH3 is 1. The van der Waals surface area contributed by atoms with E-state index in [2.05, 4.69) is 0 Å². The van der Waals surface area contributed by atoms with Crippen LogP contribution < -0.4 is 0 Å². The molecule has 0 bridgehead atoms. The van der Waals surface area contributed by atoms with Crippen LogP contribution in [0.5, 0.6) is 0 Å². The number of ether oxygens (including phenoxy) is 2. The molecule has 0 aliphatic rings. The van der Waals surface area contributed by atoms with Gasteiger partial charge in [0, 0.05) is 12.5 Å². The third-order valence-electron chi connectivity index (χ3n) is 3.03. The van der Waals surface area contributed by atoms with Crippen molar-refractivity contribution in [2.45, 2.75) is 26.4 Å². The fourth-order valence-corrected chi connectivity index (χ4v) is 1.56. The monoisotopic (exact) mass is 292 g/mol. The first-order valence-corrected chi connectivity index (χ1v) is 6.99. The Morgan fingerprint density at radius 2 is 2.00 bits per heavy atom. The van der Waals surface area contributed by atoms with Crippen LogP contribution in [0.3, 0.4) is 0 Å². The maximum absolute atomic E-state index is 11.8. The highest BCUT2D eigenvalue weighted by atomic mass is 16.5. The average Bonchev–Trinajstić information content (AvgIpc) is 2.50. The zero-order valence-electron chi connectivity index (χ0n) is 12.9. The van der Waals surface area contributed by atoms with Gasteiger partial charge in [0.1, 0.15) is 0 Å². The van der Waals surface area contributed by atoms with Gasteiger partial charge in [0.05, 0.1) is 25.7 Å². The van der Waals surface area contributed by atoms with Crippen molar-refractivity contribution in [2.24, 2.45) is 5.41 Å². The molecule has 0 fully saturated rings. The summed E-state index contributed by atoms with van der Waals surface area (Å²) in [5, 5.41) is 9.12. The van der Waals surface area contributed by atoms with E-state index in [1.54, 1.807) is 7.11 Å². The fourth-order valence-electron chi connectivity index (χ4n) is 1.56. The largest absolute Gasteiger partial charge is 0.465 e. The van der Waals surface area contributed by atoms with E-state index in [1.807, 2.05) is 56.3 Å². The van der Waals surface area contributed by atoms with E-state index in [1.165, 1.54) is 0 Å². The summed E-state index contributed by atoms with van der Waals surface area (Å²) in [5.41, 5.74) is 0.632. The molecule has 0 saturated heterocycles. The molecule has 0 spiro atoms. The highest BCUT2D eigenvalue weighted by molar-refractivity contribution is 5.70. The van der Waals surface area contributed by atoms with Gasteiger partial charge in [0.25, 0.3) is 0 Å². The molecule has 0 aliphatic heterocycles. The molecule has 1 aromatic carbocycles. The second-order valence-corrected chi connectivity index (χ2v) is 5.73. The molecule has 1 aromatic rings. The summed E-state index contributed by atoms with van der Waals surface area (Å²) in [6.07, 6.45) is 3.59. The molecule has 21 heavy (non-hydrogen) atoms. The summed E-state index contributed by atoms with van der Waals surface area (Å²) in [6.45, 7) is 3.84. The number of rotatable bonds is 8. The molecule has 4 nitrogen and oxygen atoms in total. The van der Waals surface area contributed by atoms with Crippen molar-refractivity contribution in [3.05, 3.63) is 42.0 Å². The van der Waals surface area contributed by atoms with Crippen LogP contribution in [0.2, 0.25) is 0 Å². The summed E-state index contributed by atoms with van der Waals surface area (Å²) >= 11 is 0. The smallest absolute Gasteiger partial charge is 0.308 e. The van der Waals surface area contributed by atoms with E-state index in [0.717, 1.165) is 5.56 Å². The van der Waals surface area contributed by atoms with Crippen LogP contribution >= 0.6 is 0 Å². The molecule has 0 amide bonds. The molecule has 0 radical (unpaired) electrons. The molecule has 0 aromatic heterocycles. The Hall–Kier alpha value is -1.65. The highest BCUT2D eigenvalue weighted by Crippen LogP contribution is 2.15. The Morgan fingerprint density at radius 3 is 2.57 bits per heavy atom. The van der Waals surface area contributed by atoms with Crippen LogP contribution in [0.25, 0.3) is 6.08 Å². The molecular weight excluding hydrogens is 268 g/mol. The Bertz CT molecular complexity index is 451. The van der Waals surface area contributed by atoms with Crippen LogP contribution in [0, 0.1) is 5.41 Å². The van der Waals surface area contributed by atoms with Crippen LogP contribution in [-0.2, 0) is 14.3 Å². The van der Waals surface area contributed by atoms with Crippen molar-refractivity contribution >= 4 is 12.0 Å². The van der Waals surface area contributed by atoms with Gasteiger partial charge in [-0.1, -0.05) is 56.3 Å². The predicted octanol–water partition coefficient (Wildman–Crippen LogP) is 2.67. The van der Waals surface area contributed by atoms with Crippen molar-refractivity contribution in [1.82, 2.24) is 0 Å². The molecule has 1 rings (SSSR count). The molecule has 1 atom stereocenters. The summed E-state index contributed by atoms with van der Waals surface area (Å²) in [4.78, 5) is 11.8. The van der Waals surface area contributed by atoms with Gasteiger partial charge >= 0.3 is 5.97 Å². The van der Waals surface area contributed by atoms with Gasteiger partial charge in [-0.2, -0.15) is 0 Å². The summed E-state index contributed by atoms with van der Waals surface area (Å²) in [7, 11) is 1.56. The van der Waals surface area contributed by atoms with Crippen molar-refractivity contribution in [1.29, 1.82) is 0 Å². The van der Waals surface area contributed by atoms with Crippen molar-refractivity contribution in [2.75, 3.05) is 20.3 Å². The minimum absolute atomic E-state index is 0.0259. The third kappa shape index (κ3) is 7.06. The lowest BCUT2D eigenvalue weighted by atomic mass is 9.96. The number of aliphatic hydroxyl groups excluding tert-OH is 1. The van der Waals surface area contributed by atoms with E-state index >= 15 is 0 Å². The minimum Gasteiger partial charge on any atom is -0.465 e. The number of esters is 1. The predicted molar refractivity (Wildman–Crippen MR) is 82.7 cm³/mol. The fraction of sp³-hybridized carbons (Fsp3) is 0.471. The van der Waals surface area contributed by atoms with Gasteiger partial charge in [0.15, 0.2) is 0 Å². The normalized spacial score (nSPS) is 13.3. The van der Waals surface area contributed by atoms with Gasteiger partial charge in [-0.25, -0.2) is 0 Å². The zero-order valence-corrected chi connectivity index (χ0v) is 12.9. The third-order valence-corrected chi connectivity index (χ3v) is 3.03. The molecular formula is C17H24O4. The van der Waals surface area contributed by atoms with E-state index < -0.39 is 5.41 Å². The molecule has 0 aliphatic carbocycles. The number of aliphatic hydroxyl groups is 1. The van der Waals surface area contributed by atoms with Gasteiger partial charge in [-0.3, -0.25) is 4.79 Å². The van der Waals surface area contributed by atoms with Crippen molar-refractivity contribution in [3.8, 4) is 0 Å². The van der Waals surface area contributed by atoms with Gasteiger partial charge in [-0.15, -0.1) is 0 Å². The second kappa shape index (κ2) is 8.60. The molecule has 0 heterocycles. The van der Waals surface area contributed by atoms with Gasteiger partial charge in [-0.05, 0) is 5.56 Å². The maximum atomic E-state index is 11.8. The van der Waals surface area contributed by atoms with E-state index in [-0.39, 0.29) is 31.7 Å². The number of carbonyl (C=O) groups excluding carboxylic acids is 1. The molecule has 0 saturated carbocycles. The number of benzene rings is 1. The molecule has 4 heteroatoms. The highest BCUT2D eigenvalue weighted by Gasteiger charge is 2.20. The Labute approximate surface area is 126 Å². The van der Waals surface area contributed by atoms with Crippen LogP contribution in [0.1, 0.15) is 25.8 Å². The number of hydrogen-bond acceptors (Lipinski definition) is 4. The van der Waals surface area contributed by atoms with Gasteiger partial charge < -0.3 is 14.6 Å². The first-order chi connectivity index (χ1) is 9.96. The zero-order chi connectivity index (χ0) is 15.7. The topological polar surface area (TPSA) is 55.8 Å². The van der Waals surface area contributed by atoms with Crippen molar-refractivity contribution < 1.29 is 19.4 Å². The summed E-state index contributed by atoms with van der Waals surface area (Å²) in [5.74, 6) is -0.332. The quantitative estimate of drug-likeness (QED) is 0.748. The second-order valence-electron chi connectivity index (χ2n) is 5.73. The molecule has 116 valence electrons. The lowest BCUT2D eigenvalue weighted by Gasteiger charge is -2.21. The van der Waals surface area contributed by atoms with Crippen LogP contribution in [-0.4, -0.2) is 37.5 Å². The van der Waals surface area contributed by atoms with Gasteiger partial charge in [0.2, 0.25) is 0 Å². The Balaban J connectivity index is 2.47. The van der Waals surface area contributed by atoms with E-state index in [0.29, 0.717) is 0 Å². The first kappa shape index (κ1) is 17.4. The lowest BCUT2D eigenvalue weighted by Crippen LogP contribution is -2.26. The summed E-state index contributed by atoms with van der Waals surface area (Å²) in [6, 6.07) is 9.81. The lowest BCUT2D eigenvalue weighted by molar-refractivity contribution is -0.149. The maximum Gasteiger partial charge on any atom is 0.308 e. The van der Waals surface area contributed by atoms with E-state index in [9.17, 15) is 4.79 Å². The Kier molecular flexibility index (Phi) is 7.12. The Morgan fingerprint density at radius 1 is 1.33 bits per heavy atom. The summed E-state index contributed by atoms with van der Waals surface area (Å²) < 4.78 is 10.4. The van der Waals surface area contributed by atoms with E-state index in [4.69, 9.17) is 14.6 Å². The average molecular weight is 292 g/mol. The van der Waals surface area contributed by atoms with Crippen LogP contribution in [0.4, 0.5) is 0 Å². The number of carbonyl (C=O) groups is 1.